The zero-order valence-electron chi connectivity index (χ0n) is 27.7. The Morgan fingerprint density at radius 3 is 2.49 bits per heavy atom. The molecule has 4 aromatic rings. The number of hydrogen-bond donors (Lipinski definition) is 3. The Morgan fingerprint density at radius 1 is 0.878 bits per heavy atom. The smallest absolute Gasteiger partial charge is 0.321 e. The van der Waals surface area contributed by atoms with Crippen molar-refractivity contribution >= 4 is 34.9 Å². The van der Waals surface area contributed by atoms with E-state index in [1.54, 1.807) is 31.3 Å². The fraction of sp³-hybridized carbons (Fsp3) is 0.282. The fourth-order valence-electron chi connectivity index (χ4n) is 6.15. The number of amides is 4. The van der Waals surface area contributed by atoms with Crippen LogP contribution < -0.4 is 25.6 Å². The van der Waals surface area contributed by atoms with Crippen LogP contribution in [0, 0.1) is 0 Å². The number of likely N-dealkylation sites (N-methyl/N-ethyl adjacent to an activating group) is 1. The van der Waals surface area contributed by atoms with Crippen molar-refractivity contribution in [3.63, 3.8) is 0 Å². The summed E-state index contributed by atoms with van der Waals surface area (Å²) in [5.74, 6) is 0.195. The first-order valence-corrected chi connectivity index (χ1v) is 16.8. The average molecular weight is 659 g/mol. The van der Waals surface area contributed by atoms with Crippen molar-refractivity contribution in [1.82, 2.24) is 15.5 Å². The van der Waals surface area contributed by atoms with Crippen LogP contribution in [0.3, 0.4) is 0 Å². The van der Waals surface area contributed by atoms with Crippen molar-refractivity contribution in [1.29, 1.82) is 0 Å². The molecule has 1 saturated heterocycles. The minimum Gasteiger partial charge on any atom is -0.494 e. The molecule has 2 heterocycles. The van der Waals surface area contributed by atoms with Gasteiger partial charge in [0.05, 0.1) is 18.0 Å². The lowest BCUT2D eigenvalue weighted by molar-refractivity contribution is -0.119. The average Bonchev–Trinajstić information content (AvgIpc) is 3.23. The van der Waals surface area contributed by atoms with E-state index in [0.717, 1.165) is 36.5 Å². The molecule has 1 fully saturated rings. The molecule has 1 atom stereocenters. The molecular weight excluding hydrogens is 616 g/mol. The van der Waals surface area contributed by atoms with Crippen LogP contribution in [-0.2, 0) is 11.3 Å². The molecule has 4 aromatic carbocycles. The molecule has 2 aliphatic rings. The van der Waals surface area contributed by atoms with E-state index in [0.29, 0.717) is 42.2 Å². The van der Waals surface area contributed by atoms with Crippen LogP contribution in [0.5, 0.6) is 5.75 Å². The summed E-state index contributed by atoms with van der Waals surface area (Å²) < 4.78 is 5.96. The number of rotatable bonds is 11. The minimum absolute atomic E-state index is 0.261. The number of fused-ring (bicyclic) bond motifs is 1. The number of hydrogen-bond acceptors (Lipinski definition) is 6. The van der Waals surface area contributed by atoms with Crippen LogP contribution in [0.15, 0.2) is 108 Å². The summed E-state index contributed by atoms with van der Waals surface area (Å²) in [5.41, 5.74) is 4.97. The van der Waals surface area contributed by atoms with Gasteiger partial charge in [-0.2, -0.15) is 0 Å². The van der Waals surface area contributed by atoms with Crippen LogP contribution in [-0.4, -0.2) is 67.9 Å². The van der Waals surface area contributed by atoms with Gasteiger partial charge in [0.25, 0.3) is 11.8 Å². The number of nitrogens with zero attached hydrogens (tertiary/aromatic N) is 3. The second-order valence-electron chi connectivity index (χ2n) is 12.3. The molecule has 6 rings (SSSR count). The van der Waals surface area contributed by atoms with Gasteiger partial charge in [-0.05, 0) is 74.3 Å². The third kappa shape index (κ3) is 8.71. The molecule has 10 heteroatoms. The van der Waals surface area contributed by atoms with E-state index in [1.165, 1.54) is 29.7 Å². The lowest BCUT2D eigenvalue weighted by Crippen LogP contribution is -2.47. The van der Waals surface area contributed by atoms with Crippen molar-refractivity contribution in [2.24, 2.45) is 4.99 Å². The molecule has 0 saturated carbocycles. The highest BCUT2D eigenvalue weighted by molar-refractivity contribution is 6.20. The minimum atomic E-state index is -1.17. The molecule has 0 aromatic heterocycles. The Kier molecular flexibility index (Phi) is 11.0. The maximum Gasteiger partial charge on any atom is 0.321 e. The van der Waals surface area contributed by atoms with Crippen LogP contribution in [0.1, 0.15) is 52.7 Å². The number of ether oxygens (including phenoxy) is 1. The van der Waals surface area contributed by atoms with Crippen LogP contribution in [0.25, 0.3) is 0 Å². The third-order valence-electron chi connectivity index (χ3n) is 8.67. The van der Waals surface area contributed by atoms with Gasteiger partial charge >= 0.3 is 6.03 Å². The van der Waals surface area contributed by atoms with Crippen LogP contribution in [0.4, 0.5) is 16.2 Å². The topological polar surface area (TPSA) is 115 Å². The van der Waals surface area contributed by atoms with Gasteiger partial charge in [-0.25, -0.2) is 9.79 Å². The Balaban J connectivity index is 1.01. The highest BCUT2D eigenvalue weighted by Gasteiger charge is 2.31. The Morgan fingerprint density at radius 2 is 1.65 bits per heavy atom. The molecular formula is C39H42N6O4. The van der Waals surface area contributed by atoms with Crippen LogP contribution >= 0.6 is 0 Å². The largest absolute Gasteiger partial charge is 0.494 e. The van der Waals surface area contributed by atoms with Gasteiger partial charge < -0.3 is 25.6 Å². The predicted molar refractivity (Wildman–Crippen MR) is 192 cm³/mol. The number of piperidine rings is 1. The van der Waals surface area contributed by atoms with Gasteiger partial charge in [-0.3, -0.25) is 14.5 Å². The van der Waals surface area contributed by atoms with Crippen molar-refractivity contribution in [2.75, 3.05) is 43.5 Å². The molecule has 2 aliphatic heterocycles. The van der Waals surface area contributed by atoms with E-state index in [4.69, 9.17) is 9.73 Å². The first kappa shape index (κ1) is 33.4. The molecule has 0 radical (unpaired) electrons. The lowest BCUT2D eigenvalue weighted by Gasteiger charge is -2.26. The summed E-state index contributed by atoms with van der Waals surface area (Å²) in [6, 6.07) is 31.3. The van der Waals surface area contributed by atoms with Gasteiger partial charge in [-0.15, -0.1) is 0 Å². The Bertz CT molecular complexity index is 1800. The zero-order chi connectivity index (χ0) is 34.0. The van der Waals surface area contributed by atoms with E-state index in [-0.39, 0.29) is 11.8 Å². The second kappa shape index (κ2) is 16.1. The highest BCUT2D eigenvalue weighted by Crippen LogP contribution is 2.27. The van der Waals surface area contributed by atoms with Gasteiger partial charge in [0.2, 0.25) is 6.17 Å². The lowest BCUT2D eigenvalue weighted by atomic mass is 10.0. The first-order valence-electron chi connectivity index (χ1n) is 16.8. The molecule has 10 nitrogen and oxygen atoms in total. The Labute approximate surface area is 287 Å². The second-order valence-corrected chi connectivity index (χ2v) is 12.3. The number of benzodiazepines with no additional fused rings is 1. The SMILES string of the molecule is CN1C(=O)[C@H](NC(=O)Nc2cccc(C(=O)NCCCOc3cccc(CN4CCCCC4)c3)c2)N=C(c2ccccc2)c2ccccc21. The number of para-hydroxylation sites is 1. The first-order chi connectivity index (χ1) is 23.9. The number of likely N-dealkylation sites (tertiary alicyclic amines) is 1. The number of urea groups is 1. The maximum atomic E-state index is 13.4. The molecule has 4 amide bonds. The van der Waals surface area contributed by atoms with Crippen molar-refractivity contribution in [3.8, 4) is 5.75 Å². The van der Waals surface area contributed by atoms with E-state index in [1.807, 2.05) is 66.7 Å². The normalized spacial score (nSPS) is 16.2. The van der Waals surface area contributed by atoms with Crippen LogP contribution in [0.2, 0.25) is 0 Å². The van der Waals surface area contributed by atoms with E-state index < -0.39 is 12.2 Å². The summed E-state index contributed by atoms with van der Waals surface area (Å²) in [4.78, 5) is 48.2. The van der Waals surface area contributed by atoms with E-state index >= 15 is 0 Å². The molecule has 49 heavy (non-hydrogen) atoms. The Hall–Kier alpha value is -5.48. The zero-order valence-corrected chi connectivity index (χ0v) is 27.7. The van der Waals surface area contributed by atoms with Gasteiger partial charge in [-0.1, -0.05) is 73.2 Å². The fourth-order valence-corrected chi connectivity index (χ4v) is 6.15. The summed E-state index contributed by atoms with van der Waals surface area (Å²) in [6.07, 6.45) is 3.32. The molecule has 0 unspecified atom stereocenters. The third-order valence-corrected chi connectivity index (χ3v) is 8.67. The van der Waals surface area contributed by atoms with Gasteiger partial charge in [0.1, 0.15) is 5.75 Å². The quantitative estimate of drug-likeness (QED) is 0.176. The summed E-state index contributed by atoms with van der Waals surface area (Å²) in [7, 11) is 1.67. The monoisotopic (exact) mass is 658 g/mol. The summed E-state index contributed by atoms with van der Waals surface area (Å²) in [5, 5.41) is 8.38. The van der Waals surface area contributed by atoms with Crippen molar-refractivity contribution < 1.29 is 19.1 Å². The number of benzene rings is 4. The molecule has 0 spiro atoms. The summed E-state index contributed by atoms with van der Waals surface area (Å²) >= 11 is 0. The predicted octanol–water partition coefficient (Wildman–Crippen LogP) is 5.83. The molecule has 252 valence electrons. The number of aliphatic imine (C=N–C) groups is 1. The number of nitrogens with one attached hydrogen (secondary N) is 3. The number of carbonyl (C=O) groups is 3. The van der Waals surface area contributed by atoms with E-state index in [2.05, 4.69) is 33.0 Å². The number of carbonyl (C=O) groups excluding carboxylic acids is 3. The summed E-state index contributed by atoms with van der Waals surface area (Å²) in [6.45, 7) is 4.15. The molecule has 0 bridgehead atoms. The highest BCUT2D eigenvalue weighted by atomic mass is 16.5. The van der Waals surface area contributed by atoms with E-state index in [9.17, 15) is 14.4 Å². The van der Waals surface area contributed by atoms with Gasteiger partial charge in [0, 0.05) is 42.5 Å². The standard InChI is InChI=1S/C39H42N6O4/c1-44-34-20-7-6-19-33(34)35(29-14-4-2-5-15-29)42-36(38(44)47)43-39(48)41-31-17-11-16-30(26-31)37(46)40-21-12-24-49-32-18-10-13-28(25-32)27-45-22-8-3-9-23-45/h2,4-7,10-11,13-20,25-26,36H,3,8-9,12,21-24,27H2,1H3,(H,40,46)(H2,41,43,48)/t36-/m0/s1. The van der Waals surface area contributed by atoms with Crippen molar-refractivity contribution in [3.05, 3.63) is 125 Å². The maximum absolute atomic E-state index is 13.4. The molecule has 0 aliphatic carbocycles. The van der Waals surface area contributed by atoms with Crippen molar-refractivity contribution in [2.45, 2.75) is 38.4 Å². The molecule has 3 N–H and O–H groups in total. The number of anilines is 2. The van der Waals surface area contributed by atoms with Gasteiger partial charge in [0.15, 0.2) is 0 Å².